The summed E-state index contributed by atoms with van der Waals surface area (Å²) in [5, 5.41) is 13.8. The molecule has 2 heterocycles. The molecular formula is C39H61N3O18. The van der Waals surface area contributed by atoms with Crippen molar-refractivity contribution in [3.05, 3.63) is 29.3 Å². The van der Waals surface area contributed by atoms with Crippen LogP contribution in [0.4, 0.5) is 5.69 Å². The molecule has 0 aromatic heterocycles. The minimum Gasteiger partial charge on any atom is -0.480 e. The third kappa shape index (κ3) is 21.7. The van der Waals surface area contributed by atoms with Gasteiger partial charge in [-0.15, -0.1) is 0 Å². The molecule has 1 aromatic carbocycles. The summed E-state index contributed by atoms with van der Waals surface area (Å²) in [5.74, 6) is -3.20. The van der Waals surface area contributed by atoms with E-state index in [1.165, 1.54) is 0 Å². The molecule has 1 atom stereocenters. The average molecular weight is 860 g/mol. The molecule has 0 spiro atoms. The Bertz CT molecular complexity index is 1390. The number of nitrogens with one attached hydrogen (secondary N) is 2. The summed E-state index contributed by atoms with van der Waals surface area (Å²) in [6, 6.07) is 3.88. The first-order valence-corrected chi connectivity index (χ1v) is 20.1. The number of aliphatic carboxylic acids is 1. The van der Waals surface area contributed by atoms with Gasteiger partial charge in [0, 0.05) is 18.7 Å². The first-order valence-electron chi connectivity index (χ1n) is 20.1. The van der Waals surface area contributed by atoms with Crippen molar-refractivity contribution in [2.24, 2.45) is 0 Å². The highest BCUT2D eigenvalue weighted by Crippen LogP contribution is 2.32. The van der Waals surface area contributed by atoms with Crippen LogP contribution in [0.15, 0.2) is 18.2 Å². The van der Waals surface area contributed by atoms with E-state index in [4.69, 9.17) is 61.9 Å². The summed E-state index contributed by atoms with van der Waals surface area (Å²) < 4.78 is 64.9. The van der Waals surface area contributed by atoms with E-state index in [-0.39, 0.29) is 37.2 Å². The van der Waals surface area contributed by atoms with Gasteiger partial charge in [-0.1, -0.05) is 6.07 Å². The van der Waals surface area contributed by atoms with Gasteiger partial charge < -0.3 is 67.3 Å². The second kappa shape index (κ2) is 33.0. The monoisotopic (exact) mass is 859 g/mol. The molecule has 1 saturated heterocycles. The molecular weight excluding hydrogens is 798 g/mol. The third-order valence-corrected chi connectivity index (χ3v) is 8.35. The van der Waals surface area contributed by atoms with Gasteiger partial charge >= 0.3 is 5.97 Å². The van der Waals surface area contributed by atoms with Crippen LogP contribution in [-0.2, 0) is 71.2 Å². The summed E-state index contributed by atoms with van der Waals surface area (Å²) in [6.07, 6.45) is 0.158. The number of hydrogen-bond donors (Lipinski definition) is 3. The second-order valence-corrected chi connectivity index (χ2v) is 12.8. The molecule has 1 fully saturated rings. The number of benzene rings is 1. The number of fused-ring (bicyclic) bond motifs is 1. The SMILES string of the molecule is O=C(O)COCCOCCOCCOCCOCCOCCOCCOCCOCCOCCOCCOCCNc1cccc2c1C(=O)N(C1CCC(=O)NC1=O)C2=O. The van der Waals surface area contributed by atoms with Crippen LogP contribution in [0.3, 0.4) is 0 Å². The Balaban J connectivity index is 0.977. The van der Waals surface area contributed by atoms with Crippen LogP contribution < -0.4 is 10.6 Å². The van der Waals surface area contributed by atoms with Gasteiger partial charge in [0.15, 0.2) is 0 Å². The number of carboxylic acids is 1. The van der Waals surface area contributed by atoms with Gasteiger partial charge in [0.2, 0.25) is 11.8 Å². The zero-order valence-corrected chi connectivity index (χ0v) is 34.2. The van der Waals surface area contributed by atoms with E-state index in [0.717, 1.165) is 4.90 Å². The van der Waals surface area contributed by atoms with E-state index in [0.29, 0.717) is 158 Å². The van der Waals surface area contributed by atoms with E-state index in [1.54, 1.807) is 18.2 Å². The van der Waals surface area contributed by atoms with Crippen molar-refractivity contribution < 1.29 is 85.9 Å². The lowest BCUT2D eigenvalue weighted by Crippen LogP contribution is -2.54. The largest absolute Gasteiger partial charge is 0.480 e. The molecule has 0 aliphatic carbocycles. The number of rotatable bonds is 40. The van der Waals surface area contributed by atoms with Crippen molar-refractivity contribution in [1.82, 2.24) is 10.2 Å². The van der Waals surface area contributed by atoms with Crippen LogP contribution in [0.2, 0.25) is 0 Å². The van der Waals surface area contributed by atoms with E-state index >= 15 is 0 Å². The molecule has 3 rings (SSSR count). The number of hydrogen-bond acceptors (Lipinski definition) is 18. The predicted molar refractivity (Wildman–Crippen MR) is 209 cm³/mol. The van der Waals surface area contributed by atoms with E-state index in [9.17, 15) is 24.0 Å². The highest BCUT2D eigenvalue weighted by Gasteiger charge is 2.45. The number of carbonyl (C=O) groups excluding carboxylic acids is 4. The molecule has 3 N–H and O–H groups in total. The fourth-order valence-electron chi connectivity index (χ4n) is 5.50. The maximum atomic E-state index is 13.2. The summed E-state index contributed by atoms with van der Waals surface area (Å²) in [5.41, 5.74) is 0.889. The zero-order valence-electron chi connectivity index (χ0n) is 34.2. The predicted octanol–water partition coefficient (Wildman–Crippen LogP) is -0.216. The van der Waals surface area contributed by atoms with Crippen molar-refractivity contribution in [2.75, 3.05) is 170 Å². The Labute approximate surface area is 349 Å². The number of ether oxygens (including phenoxy) is 12. The average Bonchev–Trinajstić information content (AvgIpc) is 3.49. The molecule has 0 bridgehead atoms. The second-order valence-electron chi connectivity index (χ2n) is 12.8. The topological polar surface area (TPSA) is 244 Å². The first-order chi connectivity index (χ1) is 29.4. The van der Waals surface area contributed by atoms with Crippen molar-refractivity contribution >= 4 is 35.3 Å². The van der Waals surface area contributed by atoms with Crippen LogP contribution in [0.1, 0.15) is 33.6 Å². The van der Waals surface area contributed by atoms with E-state index in [2.05, 4.69) is 10.6 Å². The number of imide groups is 2. The van der Waals surface area contributed by atoms with Gasteiger partial charge in [-0.05, 0) is 18.6 Å². The summed E-state index contributed by atoms with van der Waals surface area (Å²) in [6.45, 7) is 9.63. The summed E-state index contributed by atoms with van der Waals surface area (Å²) in [4.78, 5) is 61.2. The molecule has 4 amide bonds. The van der Waals surface area contributed by atoms with Gasteiger partial charge in [-0.2, -0.15) is 0 Å². The van der Waals surface area contributed by atoms with Crippen LogP contribution in [0.5, 0.6) is 0 Å². The lowest BCUT2D eigenvalue weighted by molar-refractivity contribution is -0.143. The third-order valence-electron chi connectivity index (χ3n) is 8.35. The Kier molecular flexibility index (Phi) is 27.8. The minimum atomic E-state index is -1.02. The molecule has 60 heavy (non-hydrogen) atoms. The zero-order chi connectivity index (χ0) is 42.9. The number of anilines is 1. The number of carbonyl (C=O) groups is 5. The van der Waals surface area contributed by atoms with Gasteiger partial charge in [0.05, 0.1) is 163 Å². The Morgan fingerprint density at radius 2 is 0.950 bits per heavy atom. The lowest BCUT2D eigenvalue weighted by Gasteiger charge is -2.27. The van der Waals surface area contributed by atoms with Crippen molar-refractivity contribution in [3.63, 3.8) is 0 Å². The van der Waals surface area contributed by atoms with E-state index < -0.39 is 35.6 Å². The number of carboxylic acid groups (broad SMARTS) is 1. The van der Waals surface area contributed by atoms with Crippen LogP contribution in [0.25, 0.3) is 0 Å². The van der Waals surface area contributed by atoms with Gasteiger partial charge in [0.25, 0.3) is 11.8 Å². The first kappa shape index (κ1) is 50.6. The van der Waals surface area contributed by atoms with Crippen LogP contribution >= 0.6 is 0 Å². The molecule has 1 unspecified atom stereocenters. The highest BCUT2D eigenvalue weighted by atomic mass is 16.6. The van der Waals surface area contributed by atoms with Gasteiger partial charge in [-0.25, -0.2) is 4.79 Å². The normalized spacial score (nSPS) is 15.2. The molecule has 2 aliphatic heterocycles. The maximum absolute atomic E-state index is 13.2. The number of nitrogens with zero attached hydrogens (tertiary/aromatic N) is 1. The fraction of sp³-hybridized carbons (Fsp3) is 0.718. The van der Waals surface area contributed by atoms with Crippen molar-refractivity contribution in [1.29, 1.82) is 0 Å². The Morgan fingerprint density at radius 3 is 1.33 bits per heavy atom. The number of piperidine rings is 1. The smallest absolute Gasteiger partial charge is 0.329 e. The van der Waals surface area contributed by atoms with Gasteiger partial charge in [0.1, 0.15) is 12.6 Å². The number of amides is 4. The molecule has 0 radical (unpaired) electrons. The minimum absolute atomic E-state index is 0.0604. The molecule has 340 valence electrons. The van der Waals surface area contributed by atoms with Gasteiger partial charge in [-0.3, -0.25) is 29.4 Å². The van der Waals surface area contributed by atoms with Crippen LogP contribution in [-0.4, -0.2) is 211 Å². The maximum Gasteiger partial charge on any atom is 0.329 e. The fourth-order valence-corrected chi connectivity index (χ4v) is 5.50. The van der Waals surface area contributed by atoms with Crippen LogP contribution in [0, 0.1) is 0 Å². The molecule has 2 aliphatic rings. The molecule has 0 saturated carbocycles. The summed E-state index contributed by atoms with van der Waals surface area (Å²) >= 11 is 0. The Hall–Kier alpha value is -3.71. The quantitative estimate of drug-likeness (QED) is 0.0571. The molecule has 21 nitrogen and oxygen atoms in total. The standard InChI is InChI=1S/C39H61N3O18/c43-34-5-4-33(37(46)41-34)42-38(47)31-2-1-3-32(36(31)39(42)48)40-6-7-49-8-9-50-10-11-51-12-13-52-14-15-53-16-17-54-18-19-55-20-21-56-22-23-57-24-25-58-26-27-59-28-29-60-30-35(44)45/h1-3,33,40H,4-30H2,(H,44,45)(H,41,43,46). The van der Waals surface area contributed by atoms with E-state index in [1.807, 2.05) is 0 Å². The molecule has 21 heteroatoms. The lowest BCUT2D eigenvalue weighted by atomic mass is 10.0. The Morgan fingerprint density at radius 1 is 0.567 bits per heavy atom. The summed E-state index contributed by atoms with van der Waals surface area (Å²) in [7, 11) is 0. The highest BCUT2D eigenvalue weighted by molar-refractivity contribution is 6.25. The van der Waals surface area contributed by atoms with Crippen molar-refractivity contribution in [3.8, 4) is 0 Å². The van der Waals surface area contributed by atoms with Crippen molar-refractivity contribution in [2.45, 2.75) is 18.9 Å². The molecule has 1 aromatic rings.